The Bertz CT molecular complexity index is 645. The molecule has 0 aliphatic rings. The van der Waals surface area contributed by atoms with Crippen molar-refractivity contribution >= 4 is 29.7 Å². The van der Waals surface area contributed by atoms with E-state index in [0.29, 0.717) is 0 Å². The van der Waals surface area contributed by atoms with Gasteiger partial charge in [0.25, 0.3) is 0 Å². The van der Waals surface area contributed by atoms with Gasteiger partial charge in [-0.05, 0) is 68.4 Å². The Labute approximate surface area is 152 Å². The standard InChI is InChI=1S/C21H30OSSi/c1-5-18(17-22-24(2,3)4)12-8-6-7-9-14-20-16-19-13-10-11-15-21(19)23-20/h5,10-11,13,15-17H,1,6-9,12,14H2,2-4H3. The maximum atomic E-state index is 5.85. The van der Waals surface area contributed by atoms with Crippen LogP contribution in [0.25, 0.3) is 10.1 Å². The second-order valence-electron chi connectivity index (χ2n) is 7.29. The number of fused-ring (bicyclic) bond motifs is 1. The van der Waals surface area contributed by atoms with Crippen molar-refractivity contribution in [3.8, 4) is 0 Å². The van der Waals surface area contributed by atoms with Crippen LogP contribution in [0.15, 0.2) is 54.8 Å². The highest BCUT2D eigenvalue weighted by molar-refractivity contribution is 7.19. The summed E-state index contributed by atoms with van der Waals surface area (Å²) >= 11 is 1.94. The van der Waals surface area contributed by atoms with Gasteiger partial charge in [-0.3, -0.25) is 0 Å². The van der Waals surface area contributed by atoms with Crippen molar-refractivity contribution in [3.05, 3.63) is 59.7 Å². The largest absolute Gasteiger partial charge is 0.549 e. The molecule has 0 fully saturated rings. The van der Waals surface area contributed by atoms with Gasteiger partial charge in [0.1, 0.15) is 0 Å². The molecule has 0 saturated carbocycles. The van der Waals surface area contributed by atoms with Crippen molar-refractivity contribution in [3.63, 3.8) is 0 Å². The fourth-order valence-corrected chi connectivity index (χ4v) is 4.21. The fourth-order valence-electron chi connectivity index (χ4n) is 2.60. The number of benzene rings is 1. The average molecular weight is 359 g/mol. The predicted molar refractivity (Wildman–Crippen MR) is 111 cm³/mol. The molecule has 2 rings (SSSR count). The number of aryl methyl sites for hydroxylation is 1. The van der Waals surface area contributed by atoms with E-state index < -0.39 is 8.32 Å². The molecule has 24 heavy (non-hydrogen) atoms. The molecular formula is C21H30OSSi. The molecule has 0 spiro atoms. The third kappa shape index (κ3) is 6.66. The van der Waals surface area contributed by atoms with Gasteiger partial charge in [-0.15, -0.1) is 11.3 Å². The SMILES string of the molecule is C=CC(=CO[Si](C)(C)C)CCCCCCc1cc2ccccc2s1. The van der Waals surface area contributed by atoms with Crippen LogP contribution < -0.4 is 0 Å². The smallest absolute Gasteiger partial charge is 0.241 e. The summed E-state index contributed by atoms with van der Waals surface area (Å²) in [6, 6.07) is 11.0. The molecule has 0 N–H and O–H groups in total. The Morgan fingerprint density at radius 3 is 2.58 bits per heavy atom. The summed E-state index contributed by atoms with van der Waals surface area (Å²) in [7, 11) is -1.47. The molecule has 1 nitrogen and oxygen atoms in total. The van der Waals surface area contributed by atoms with Gasteiger partial charge in [0, 0.05) is 9.58 Å². The van der Waals surface area contributed by atoms with Crippen molar-refractivity contribution in [2.45, 2.75) is 58.2 Å². The second kappa shape index (κ2) is 9.24. The first kappa shape index (κ1) is 19.0. The average Bonchev–Trinajstić information content (AvgIpc) is 2.95. The number of allylic oxidation sites excluding steroid dienone is 2. The fraction of sp³-hybridized carbons (Fsp3) is 0.429. The molecule has 0 atom stereocenters. The molecule has 0 radical (unpaired) electrons. The summed E-state index contributed by atoms with van der Waals surface area (Å²) in [5, 5.41) is 1.39. The highest BCUT2D eigenvalue weighted by Gasteiger charge is 2.13. The number of thiophene rings is 1. The van der Waals surface area contributed by atoms with Crippen LogP contribution in [0.3, 0.4) is 0 Å². The van der Waals surface area contributed by atoms with Gasteiger partial charge in [-0.1, -0.05) is 43.7 Å². The van der Waals surface area contributed by atoms with Crippen LogP contribution in [-0.4, -0.2) is 8.32 Å². The minimum absolute atomic E-state index is 1.08. The Morgan fingerprint density at radius 1 is 1.12 bits per heavy atom. The Hall–Kier alpha value is -1.32. The molecule has 0 unspecified atom stereocenters. The van der Waals surface area contributed by atoms with Gasteiger partial charge in [0.2, 0.25) is 8.32 Å². The van der Waals surface area contributed by atoms with Crippen LogP contribution in [0.5, 0.6) is 0 Å². The van der Waals surface area contributed by atoms with Gasteiger partial charge in [0.05, 0.1) is 6.26 Å². The lowest BCUT2D eigenvalue weighted by Crippen LogP contribution is -2.22. The summed E-state index contributed by atoms with van der Waals surface area (Å²) in [6.45, 7) is 10.5. The van der Waals surface area contributed by atoms with E-state index in [4.69, 9.17) is 4.43 Å². The maximum Gasteiger partial charge on any atom is 0.241 e. The van der Waals surface area contributed by atoms with Crippen molar-refractivity contribution in [2.75, 3.05) is 0 Å². The highest BCUT2D eigenvalue weighted by atomic mass is 32.1. The zero-order valence-corrected chi connectivity index (χ0v) is 17.1. The summed E-state index contributed by atoms with van der Waals surface area (Å²) in [5.41, 5.74) is 1.24. The predicted octanol–water partition coefficient (Wildman–Crippen LogP) is 7.32. The van der Waals surface area contributed by atoms with Gasteiger partial charge in [0.15, 0.2) is 0 Å². The van der Waals surface area contributed by atoms with Gasteiger partial charge in [-0.2, -0.15) is 0 Å². The zero-order valence-electron chi connectivity index (χ0n) is 15.3. The molecule has 130 valence electrons. The zero-order chi connectivity index (χ0) is 17.4. The molecule has 1 aromatic carbocycles. The van der Waals surface area contributed by atoms with Gasteiger partial charge < -0.3 is 4.43 Å². The Morgan fingerprint density at radius 2 is 1.88 bits per heavy atom. The first-order valence-corrected chi connectivity index (χ1v) is 13.2. The van der Waals surface area contributed by atoms with Gasteiger partial charge >= 0.3 is 0 Å². The topological polar surface area (TPSA) is 9.23 Å². The monoisotopic (exact) mass is 358 g/mol. The maximum absolute atomic E-state index is 5.85. The molecule has 3 heteroatoms. The number of rotatable bonds is 10. The van der Waals surface area contributed by atoms with Crippen LogP contribution in [0.1, 0.15) is 37.0 Å². The summed E-state index contributed by atoms with van der Waals surface area (Å²) in [5.74, 6) is 0. The van der Waals surface area contributed by atoms with Crippen molar-refractivity contribution in [1.29, 1.82) is 0 Å². The molecule has 1 aromatic heterocycles. The van der Waals surface area contributed by atoms with E-state index in [1.165, 1.54) is 52.6 Å². The molecule has 0 bridgehead atoms. The normalized spacial score (nSPS) is 12.5. The summed E-state index contributed by atoms with van der Waals surface area (Å²) < 4.78 is 7.27. The van der Waals surface area contributed by atoms with E-state index >= 15 is 0 Å². The van der Waals surface area contributed by atoms with Gasteiger partial charge in [-0.25, -0.2) is 0 Å². The first-order valence-electron chi connectivity index (χ1n) is 8.95. The molecule has 0 saturated heterocycles. The third-order valence-corrected chi connectivity index (χ3v) is 5.94. The van der Waals surface area contributed by atoms with Crippen molar-refractivity contribution in [1.82, 2.24) is 0 Å². The van der Waals surface area contributed by atoms with E-state index in [1.54, 1.807) is 0 Å². The quantitative estimate of drug-likeness (QED) is 0.187. The lowest BCUT2D eigenvalue weighted by Gasteiger charge is -2.16. The van der Waals surface area contributed by atoms with E-state index in [9.17, 15) is 0 Å². The van der Waals surface area contributed by atoms with E-state index in [1.807, 2.05) is 23.7 Å². The first-order chi connectivity index (χ1) is 11.5. The van der Waals surface area contributed by atoms with Crippen LogP contribution in [-0.2, 0) is 10.8 Å². The van der Waals surface area contributed by atoms with E-state index in [0.717, 1.165) is 6.42 Å². The van der Waals surface area contributed by atoms with Crippen molar-refractivity contribution in [2.24, 2.45) is 0 Å². The number of hydrogen-bond donors (Lipinski definition) is 0. The second-order valence-corrected chi connectivity index (χ2v) is 12.9. The van der Waals surface area contributed by atoms with E-state index in [2.05, 4.69) is 56.6 Å². The third-order valence-electron chi connectivity index (χ3n) is 3.94. The molecule has 0 amide bonds. The number of unbranched alkanes of at least 4 members (excludes halogenated alkanes) is 3. The lowest BCUT2D eigenvalue weighted by molar-refractivity contribution is 0.471. The van der Waals surface area contributed by atoms with Crippen molar-refractivity contribution < 1.29 is 4.43 Å². The van der Waals surface area contributed by atoms with Crippen LogP contribution in [0.4, 0.5) is 0 Å². The van der Waals surface area contributed by atoms with Crippen LogP contribution >= 0.6 is 11.3 Å². The molecule has 1 heterocycles. The molecular weight excluding hydrogens is 328 g/mol. The molecule has 0 aliphatic carbocycles. The Kier molecular flexibility index (Phi) is 7.31. The van der Waals surface area contributed by atoms with Crippen LogP contribution in [0.2, 0.25) is 19.6 Å². The number of hydrogen-bond acceptors (Lipinski definition) is 2. The highest BCUT2D eigenvalue weighted by Crippen LogP contribution is 2.26. The summed E-state index contributed by atoms with van der Waals surface area (Å²) in [6.07, 6.45) is 11.3. The summed E-state index contributed by atoms with van der Waals surface area (Å²) in [4.78, 5) is 1.52. The minimum atomic E-state index is -1.47. The van der Waals surface area contributed by atoms with E-state index in [-0.39, 0.29) is 0 Å². The minimum Gasteiger partial charge on any atom is -0.549 e. The van der Waals surface area contributed by atoms with Crippen LogP contribution in [0, 0.1) is 0 Å². The molecule has 0 aliphatic heterocycles. The Balaban J connectivity index is 1.64. The molecule has 2 aromatic rings. The lowest BCUT2D eigenvalue weighted by atomic mass is 10.1.